The maximum absolute atomic E-state index is 12.2. The SMILES string of the molecule is Cc1cc(SCC(=O)NCc2ccc3c(c2)OCCO3)nc2ccccc12. The number of benzene rings is 2. The molecule has 3 aromatic rings. The maximum atomic E-state index is 12.2. The van der Waals surface area contributed by atoms with Gasteiger partial charge in [-0.1, -0.05) is 36.0 Å². The summed E-state index contributed by atoms with van der Waals surface area (Å²) in [5.41, 5.74) is 3.11. The molecule has 6 heteroatoms. The van der Waals surface area contributed by atoms with E-state index in [2.05, 4.69) is 23.3 Å². The summed E-state index contributed by atoms with van der Waals surface area (Å²) in [7, 11) is 0. The van der Waals surface area contributed by atoms with Gasteiger partial charge in [-0.05, 0) is 42.3 Å². The first-order valence-corrected chi connectivity index (χ1v) is 9.82. The molecule has 1 amide bonds. The number of ether oxygens (including phenoxy) is 2. The van der Waals surface area contributed by atoms with E-state index >= 15 is 0 Å². The van der Waals surface area contributed by atoms with Crippen molar-refractivity contribution in [2.75, 3.05) is 19.0 Å². The molecule has 27 heavy (non-hydrogen) atoms. The van der Waals surface area contributed by atoms with Gasteiger partial charge in [-0.2, -0.15) is 0 Å². The molecule has 0 saturated carbocycles. The minimum absolute atomic E-state index is 0.0255. The Hall–Kier alpha value is -2.73. The Balaban J connectivity index is 1.33. The number of fused-ring (bicyclic) bond motifs is 2. The van der Waals surface area contributed by atoms with Crippen molar-refractivity contribution < 1.29 is 14.3 Å². The standard InChI is InChI=1S/C21H20N2O3S/c1-14-10-21(23-17-5-3-2-4-16(14)17)27-13-20(24)22-12-15-6-7-18-19(11-15)26-9-8-25-18/h2-7,10-11H,8-9,12-13H2,1H3,(H,22,24). The zero-order valence-electron chi connectivity index (χ0n) is 15.0. The third-order valence-corrected chi connectivity index (χ3v) is 5.26. The van der Waals surface area contributed by atoms with E-state index in [1.54, 1.807) is 0 Å². The number of nitrogens with zero attached hydrogens (tertiary/aromatic N) is 1. The molecule has 5 nitrogen and oxygen atoms in total. The second-order valence-electron chi connectivity index (χ2n) is 6.34. The van der Waals surface area contributed by atoms with Crippen molar-refractivity contribution in [2.45, 2.75) is 18.5 Å². The summed E-state index contributed by atoms with van der Waals surface area (Å²) in [6, 6.07) is 15.8. The van der Waals surface area contributed by atoms with Crippen LogP contribution in [-0.4, -0.2) is 29.9 Å². The van der Waals surface area contributed by atoms with Crippen molar-refractivity contribution in [1.29, 1.82) is 0 Å². The molecule has 0 saturated heterocycles. The topological polar surface area (TPSA) is 60.5 Å². The maximum Gasteiger partial charge on any atom is 0.230 e. The lowest BCUT2D eigenvalue weighted by Crippen LogP contribution is -2.24. The number of hydrogen-bond donors (Lipinski definition) is 1. The first-order valence-electron chi connectivity index (χ1n) is 8.83. The molecular weight excluding hydrogens is 360 g/mol. The highest BCUT2D eigenvalue weighted by Gasteiger charge is 2.12. The van der Waals surface area contributed by atoms with Gasteiger partial charge in [0.1, 0.15) is 13.2 Å². The normalized spacial score (nSPS) is 12.8. The van der Waals surface area contributed by atoms with Crippen LogP contribution in [0, 0.1) is 6.92 Å². The van der Waals surface area contributed by atoms with Crippen LogP contribution in [0.1, 0.15) is 11.1 Å². The van der Waals surface area contributed by atoms with E-state index in [-0.39, 0.29) is 5.91 Å². The minimum atomic E-state index is -0.0255. The fourth-order valence-corrected chi connectivity index (χ4v) is 3.79. The summed E-state index contributed by atoms with van der Waals surface area (Å²) < 4.78 is 11.1. The van der Waals surface area contributed by atoms with Gasteiger partial charge < -0.3 is 14.8 Å². The van der Waals surface area contributed by atoms with Crippen LogP contribution in [0.2, 0.25) is 0 Å². The van der Waals surface area contributed by atoms with Crippen LogP contribution in [0.3, 0.4) is 0 Å². The average Bonchev–Trinajstić information content (AvgIpc) is 2.70. The fraction of sp³-hybridized carbons (Fsp3) is 0.238. The van der Waals surface area contributed by atoms with Gasteiger partial charge in [0.05, 0.1) is 16.3 Å². The van der Waals surface area contributed by atoms with E-state index in [1.165, 1.54) is 17.3 Å². The largest absolute Gasteiger partial charge is 0.486 e. The lowest BCUT2D eigenvalue weighted by atomic mass is 10.1. The molecule has 1 aliphatic rings. The molecule has 2 heterocycles. The predicted molar refractivity (Wildman–Crippen MR) is 106 cm³/mol. The number of aryl methyl sites for hydroxylation is 1. The summed E-state index contributed by atoms with van der Waals surface area (Å²) >= 11 is 1.45. The molecule has 0 unspecified atom stereocenters. The Morgan fingerprint density at radius 2 is 1.93 bits per heavy atom. The predicted octanol–water partition coefficient (Wildman–Crippen LogP) is 3.72. The second kappa shape index (κ2) is 7.88. The molecule has 0 atom stereocenters. The van der Waals surface area contributed by atoms with Gasteiger partial charge in [-0.3, -0.25) is 4.79 Å². The Morgan fingerprint density at radius 3 is 2.81 bits per heavy atom. The van der Waals surface area contributed by atoms with E-state index in [9.17, 15) is 4.79 Å². The van der Waals surface area contributed by atoms with Crippen LogP contribution in [0.4, 0.5) is 0 Å². The van der Waals surface area contributed by atoms with E-state index in [0.29, 0.717) is 25.5 Å². The molecule has 0 fully saturated rings. The van der Waals surface area contributed by atoms with Crippen molar-refractivity contribution >= 4 is 28.6 Å². The Morgan fingerprint density at radius 1 is 1.11 bits per heavy atom. The number of nitrogens with one attached hydrogen (secondary N) is 1. The number of amides is 1. The summed E-state index contributed by atoms with van der Waals surface area (Å²) in [5, 5.41) is 4.95. The Bertz CT molecular complexity index is 990. The molecule has 138 valence electrons. The van der Waals surface area contributed by atoms with Crippen LogP contribution < -0.4 is 14.8 Å². The summed E-state index contributed by atoms with van der Waals surface area (Å²) in [5.74, 6) is 1.79. The van der Waals surface area contributed by atoms with Crippen molar-refractivity contribution in [3.05, 3.63) is 59.7 Å². The van der Waals surface area contributed by atoms with Gasteiger partial charge in [0, 0.05) is 11.9 Å². The lowest BCUT2D eigenvalue weighted by Gasteiger charge is -2.19. The minimum Gasteiger partial charge on any atom is -0.486 e. The molecule has 0 bridgehead atoms. The zero-order chi connectivity index (χ0) is 18.6. The first kappa shape index (κ1) is 17.7. The van der Waals surface area contributed by atoms with Crippen LogP contribution >= 0.6 is 11.8 Å². The molecule has 0 aliphatic carbocycles. The summed E-state index contributed by atoms with van der Waals surface area (Å²) in [4.78, 5) is 16.8. The number of thioether (sulfide) groups is 1. The molecule has 2 aromatic carbocycles. The molecule has 0 spiro atoms. The third kappa shape index (κ3) is 4.17. The third-order valence-electron chi connectivity index (χ3n) is 4.35. The highest BCUT2D eigenvalue weighted by atomic mass is 32.2. The van der Waals surface area contributed by atoms with Crippen molar-refractivity contribution in [3.63, 3.8) is 0 Å². The van der Waals surface area contributed by atoms with Gasteiger partial charge in [-0.25, -0.2) is 4.98 Å². The fourth-order valence-electron chi connectivity index (χ4n) is 2.98. The molecule has 1 N–H and O–H groups in total. The van der Waals surface area contributed by atoms with Crippen molar-refractivity contribution in [2.24, 2.45) is 0 Å². The monoisotopic (exact) mass is 380 g/mol. The number of aromatic nitrogens is 1. The number of hydrogen-bond acceptors (Lipinski definition) is 5. The molecule has 1 aromatic heterocycles. The van der Waals surface area contributed by atoms with E-state index in [4.69, 9.17) is 9.47 Å². The average molecular weight is 380 g/mol. The smallest absolute Gasteiger partial charge is 0.230 e. The van der Waals surface area contributed by atoms with Gasteiger partial charge in [-0.15, -0.1) is 0 Å². The number of rotatable bonds is 5. The van der Waals surface area contributed by atoms with Crippen molar-refractivity contribution in [1.82, 2.24) is 10.3 Å². The van der Waals surface area contributed by atoms with E-state index in [0.717, 1.165) is 33.0 Å². The Labute approximate surface area is 162 Å². The quantitative estimate of drug-likeness (QED) is 0.684. The Kier molecular flexibility index (Phi) is 5.16. The summed E-state index contributed by atoms with van der Waals surface area (Å²) in [6.07, 6.45) is 0. The highest BCUT2D eigenvalue weighted by molar-refractivity contribution is 7.99. The van der Waals surface area contributed by atoms with E-state index < -0.39 is 0 Å². The molecule has 0 radical (unpaired) electrons. The highest BCUT2D eigenvalue weighted by Crippen LogP contribution is 2.30. The van der Waals surface area contributed by atoms with Crippen LogP contribution in [0.25, 0.3) is 10.9 Å². The van der Waals surface area contributed by atoms with Crippen LogP contribution in [0.15, 0.2) is 53.6 Å². The van der Waals surface area contributed by atoms with E-state index in [1.807, 2.05) is 42.5 Å². The first-order chi connectivity index (χ1) is 13.2. The molecule has 4 rings (SSSR count). The number of carbonyl (C=O) groups is 1. The number of para-hydroxylation sites is 1. The number of pyridine rings is 1. The van der Waals surface area contributed by atoms with Gasteiger partial charge in [0.25, 0.3) is 0 Å². The summed E-state index contributed by atoms with van der Waals surface area (Å²) in [6.45, 7) is 3.65. The van der Waals surface area contributed by atoms with Crippen molar-refractivity contribution in [3.8, 4) is 11.5 Å². The zero-order valence-corrected chi connectivity index (χ0v) is 15.8. The van der Waals surface area contributed by atoms with Gasteiger partial charge in [0.2, 0.25) is 5.91 Å². The second-order valence-corrected chi connectivity index (χ2v) is 7.33. The van der Waals surface area contributed by atoms with Gasteiger partial charge >= 0.3 is 0 Å². The molecule has 1 aliphatic heterocycles. The van der Waals surface area contributed by atoms with Crippen LogP contribution in [-0.2, 0) is 11.3 Å². The number of carbonyl (C=O) groups excluding carboxylic acids is 1. The van der Waals surface area contributed by atoms with Crippen LogP contribution in [0.5, 0.6) is 11.5 Å². The van der Waals surface area contributed by atoms with Gasteiger partial charge in [0.15, 0.2) is 11.5 Å². The molecular formula is C21H20N2O3S. The lowest BCUT2D eigenvalue weighted by molar-refractivity contribution is -0.118.